The third-order valence-corrected chi connectivity index (χ3v) is 5.81. The van der Waals surface area contributed by atoms with Crippen LogP contribution in [-0.4, -0.2) is 39.2 Å². The van der Waals surface area contributed by atoms with Crippen molar-refractivity contribution >= 4 is 45.9 Å². The van der Waals surface area contributed by atoms with Crippen molar-refractivity contribution in [3.63, 3.8) is 0 Å². The highest BCUT2D eigenvalue weighted by molar-refractivity contribution is 8.18. The molecule has 0 spiro atoms. The van der Waals surface area contributed by atoms with Crippen LogP contribution in [0, 0.1) is 5.82 Å². The number of halogens is 1. The van der Waals surface area contributed by atoms with E-state index in [4.69, 9.17) is 4.74 Å². The Labute approximate surface area is 188 Å². The third-order valence-electron chi connectivity index (χ3n) is 4.90. The number of esters is 1. The molecule has 32 heavy (non-hydrogen) atoms. The molecular weight excluding hydrogens is 431 g/mol. The van der Waals surface area contributed by atoms with Gasteiger partial charge in [-0.1, -0.05) is 30.3 Å². The molecule has 6 nitrogen and oxygen atoms in total. The average Bonchev–Trinajstić information content (AvgIpc) is 3.21. The van der Waals surface area contributed by atoms with Gasteiger partial charge in [0.2, 0.25) is 0 Å². The van der Waals surface area contributed by atoms with Crippen LogP contribution in [0.2, 0.25) is 0 Å². The molecule has 8 heteroatoms. The fourth-order valence-corrected chi connectivity index (χ4v) is 4.34. The van der Waals surface area contributed by atoms with E-state index in [2.05, 4.69) is 0 Å². The van der Waals surface area contributed by atoms with Gasteiger partial charge in [0.25, 0.3) is 11.1 Å². The molecule has 1 aliphatic heterocycles. The Balaban J connectivity index is 1.62. The number of ether oxygens (including phenoxy) is 1. The molecule has 2 aromatic carbocycles. The second-order valence-corrected chi connectivity index (χ2v) is 8.66. The van der Waals surface area contributed by atoms with Gasteiger partial charge in [0, 0.05) is 29.2 Å². The van der Waals surface area contributed by atoms with Crippen molar-refractivity contribution in [2.24, 2.45) is 0 Å². The summed E-state index contributed by atoms with van der Waals surface area (Å²) in [5, 5.41) is 0.414. The zero-order chi connectivity index (χ0) is 22.8. The Hall–Kier alpha value is -3.39. The molecule has 2 heterocycles. The highest BCUT2D eigenvalue weighted by Gasteiger charge is 2.37. The summed E-state index contributed by atoms with van der Waals surface area (Å²) in [6, 6.07) is 14.0. The highest BCUT2D eigenvalue weighted by Crippen LogP contribution is 2.34. The second-order valence-electron chi connectivity index (χ2n) is 7.66. The molecule has 164 valence electrons. The van der Waals surface area contributed by atoms with Gasteiger partial charge < -0.3 is 9.30 Å². The van der Waals surface area contributed by atoms with Gasteiger partial charge in [0.05, 0.1) is 11.0 Å². The van der Waals surface area contributed by atoms with Crippen LogP contribution in [0.1, 0.15) is 25.0 Å². The van der Waals surface area contributed by atoms with Gasteiger partial charge in [-0.15, -0.1) is 0 Å². The molecule has 1 aliphatic rings. The lowest BCUT2D eigenvalue weighted by Crippen LogP contribution is -2.35. The number of carbonyl (C=O) groups is 3. The summed E-state index contributed by atoms with van der Waals surface area (Å²) >= 11 is 0.801. The van der Waals surface area contributed by atoms with Crippen LogP contribution in [-0.2, 0) is 20.9 Å². The lowest BCUT2D eigenvalue weighted by molar-refractivity contribution is -0.149. The maximum atomic E-state index is 13.2. The Bertz CT molecular complexity index is 1230. The minimum absolute atomic E-state index is 0.247. The predicted molar refractivity (Wildman–Crippen MR) is 121 cm³/mol. The summed E-state index contributed by atoms with van der Waals surface area (Å²) in [5.41, 5.74) is 2.66. The lowest BCUT2D eigenvalue weighted by atomic mass is 10.1. The Morgan fingerprint density at radius 1 is 1.12 bits per heavy atom. The Kier molecular flexibility index (Phi) is 6.14. The van der Waals surface area contributed by atoms with Gasteiger partial charge in [0.1, 0.15) is 12.4 Å². The summed E-state index contributed by atoms with van der Waals surface area (Å²) < 4.78 is 20.3. The summed E-state index contributed by atoms with van der Waals surface area (Å²) in [5.74, 6) is -1.43. The fourth-order valence-electron chi connectivity index (χ4n) is 3.51. The number of aromatic nitrogens is 1. The normalized spacial score (nSPS) is 15.4. The zero-order valence-electron chi connectivity index (χ0n) is 17.6. The van der Waals surface area contributed by atoms with Crippen molar-refractivity contribution in [3.8, 4) is 0 Å². The molecule has 2 amide bonds. The first kappa shape index (κ1) is 21.8. The van der Waals surface area contributed by atoms with E-state index in [0.717, 1.165) is 38.7 Å². The number of fused-ring (bicyclic) bond motifs is 1. The number of hydrogen-bond acceptors (Lipinski definition) is 5. The first-order chi connectivity index (χ1) is 15.3. The van der Waals surface area contributed by atoms with Crippen LogP contribution < -0.4 is 0 Å². The molecule has 0 N–H and O–H groups in total. The molecule has 3 aromatic rings. The highest BCUT2D eigenvalue weighted by atomic mass is 32.2. The monoisotopic (exact) mass is 452 g/mol. The number of para-hydroxylation sites is 1. The van der Waals surface area contributed by atoms with Gasteiger partial charge in [-0.25, -0.2) is 4.39 Å². The third kappa shape index (κ3) is 4.60. The second kappa shape index (κ2) is 9.00. The summed E-state index contributed by atoms with van der Waals surface area (Å²) in [4.78, 5) is 38.2. The van der Waals surface area contributed by atoms with E-state index in [1.807, 2.05) is 35.0 Å². The summed E-state index contributed by atoms with van der Waals surface area (Å²) in [6.45, 7) is 3.52. The molecule has 0 bridgehead atoms. The summed E-state index contributed by atoms with van der Waals surface area (Å²) in [6.07, 6.45) is 3.24. The average molecular weight is 453 g/mol. The van der Waals surface area contributed by atoms with Crippen molar-refractivity contribution in [1.29, 1.82) is 0 Å². The van der Waals surface area contributed by atoms with E-state index in [9.17, 15) is 18.8 Å². The number of carbonyl (C=O) groups excluding carboxylic acids is 3. The number of rotatable bonds is 6. The zero-order valence-corrected chi connectivity index (χ0v) is 18.4. The number of benzene rings is 2. The van der Waals surface area contributed by atoms with Crippen molar-refractivity contribution in [1.82, 2.24) is 9.47 Å². The molecule has 0 saturated carbocycles. The summed E-state index contributed by atoms with van der Waals surface area (Å²) in [7, 11) is 0. The number of nitrogens with zero attached hydrogens (tertiary/aromatic N) is 2. The van der Waals surface area contributed by atoms with Crippen LogP contribution in [0.15, 0.2) is 59.6 Å². The van der Waals surface area contributed by atoms with E-state index in [-0.39, 0.29) is 16.8 Å². The van der Waals surface area contributed by atoms with Gasteiger partial charge in [0.15, 0.2) is 0 Å². The smallest absolute Gasteiger partial charge is 0.326 e. The minimum atomic E-state index is -0.626. The van der Waals surface area contributed by atoms with Gasteiger partial charge in [-0.2, -0.15) is 0 Å². The molecule has 4 rings (SSSR count). The standard InChI is InChI=1S/C24H21FN2O4S/c1-15(2)31-22(28)14-27-23(29)21(32-24(27)30)11-17-13-26(20-6-4-3-5-19(17)20)12-16-7-9-18(25)10-8-16/h3-11,13,15H,12,14H2,1-2H3/b21-11+. The van der Waals surface area contributed by atoms with E-state index < -0.39 is 23.7 Å². The van der Waals surface area contributed by atoms with Crippen molar-refractivity contribution in [2.45, 2.75) is 26.5 Å². The van der Waals surface area contributed by atoms with Crippen LogP contribution >= 0.6 is 11.8 Å². The first-order valence-corrected chi connectivity index (χ1v) is 10.9. The molecule has 0 aliphatic carbocycles. The molecule has 0 radical (unpaired) electrons. The number of thioether (sulfide) groups is 1. The lowest BCUT2D eigenvalue weighted by Gasteiger charge is -2.13. The number of imide groups is 1. The number of hydrogen-bond donors (Lipinski definition) is 0. The van der Waals surface area contributed by atoms with Gasteiger partial charge >= 0.3 is 5.97 Å². The minimum Gasteiger partial charge on any atom is -0.462 e. The van der Waals surface area contributed by atoms with Crippen LogP contribution in [0.3, 0.4) is 0 Å². The maximum absolute atomic E-state index is 13.2. The van der Waals surface area contributed by atoms with Gasteiger partial charge in [-0.05, 0) is 55.4 Å². The van der Waals surface area contributed by atoms with Crippen LogP contribution in [0.4, 0.5) is 9.18 Å². The van der Waals surface area contributed by atoms with E-state index in [0.29, 0.717) is 6.54 Å². The van der Waals surface area contributed by atoms with Crippen molar-refractivity contribution < 1.29 is 23.5 Å². The van der Waals surface area contributed by atoms with Crippen molar-refractivity contribution in [3.05, 3.63) is 76.6 Å². The maximum Gasteiger partial charge on any atom is 0.326 e. The van der Waals surface area contributed by atoms with Crippen LogP contribution in [0.25, 0.3) is 17.0 Å². The molecule has 0 atom stereocenters. The number of amides is 2. The quantitative estimate of drug-likeness (QED) is 0.396. The van der Waals surface area contributed by atoms with E-state index in [1.165, 1.54) is 12.1 Å². The van der Waals surface area contributed by atoms with E-state index in [1.54, 1.807) is 32.1 Å². The molecule has 0 unspecified atom stereocenters. The van der Waals surface area contributed by atoms with E-state index >= 15 is 0 Å². The topological polar surface area (TPSA) is 68.6 Å². The SMILES string of the molecule is CC(C)OC(=O)CN1C(=O)S/C(=C/c2cn(Cc3ccc(F)cc3)c3ccccc23)C1=O. The Morgan fingerprint density at radius 2 is 1.84 bits per heavy atom. The first-order valence-electron chi connectivity index (χ1n) is 10.1. The fraction of sp³-hybridized carbons (Fsp3) is 0.208. The molecule has 1 saturated heterocycles. The van der Waals surface area contributed by atoms with Gasteiger partial charge in [-0.3, -0.25) is 19.3 Å². The largest absolute Gasteiger partial charge is 0.462 e. The molecular formula is C24H21FN2O4S. The predicted octanol–water partition coefficient (Wildman–Crippen LogP) is 4.82. The Morgan fingerprint density at radius 3 is 2.56 bits per heavy atom. The molecule has 1 fully saturated rings. The van der Waals surface area contributed by atoms with Crippen LogP contribution in [0.5, 0.6) is 0 Å². The van der Waals surface area contributed by atoms with Crippen molar-refractivity contribution in [2.75, 3.05) is 6.54 Å². The molecule has 1 aromatic heterocycles.